The number of rotatable bonds is 8. The molecule has 0 spiro atoms. The highest BCUT2D eigenvalue weighted by atomic mass is 16.5. The van der Waals surface area contributed by atoms with Crippen LogP contribution >= 0.6 is 0 Å². The summed E-state index contributed by atoms with van der Waals surface area (Å²) in [6.45, 7) is 1.99. The van der Waals surface area contributed by atoms with E-state index in [9.17, 15) is 9.59 Å². The molecule has 1 amide bonds. The van der Waals surface area contributed by atoms with E-state index in [0.717, 1.165) is 11.3 Å². The summed E-state index contributed by atoms with van der Waals surface area (Å²) >= 11 is 0. The number of carbonyl (C=O) groups is 2. The van der Waals surface area contributed by atoms with Crippen LogP contribution in [0.3, 0.4) is 0 Å². The van der Waals surface area contributed by atoms with E-state index >= 15 is 0 Å². The molecular formula is C20H21NO5. The van der Waals surface area contributed by atoms with Gasteiger partial charge in [0.25, 0.3) is 5.91 Å². The van der Waals surface area contributed by atoms with Crippen molar-refractivity contribution in [2.45, 2.75) is 6.92 Å². The zero-order valence-electron chi connectivity index (χ0n) is 14.7. The van der Waals surface area contributed by atoms with Crippen LogP contribution in [-0.2, 0) is 14.3 Å². The van der Waals surface area contributed by atoms with E-state index in [1.165, 1.54) is 6.08 Å². The number of benzene rings is 2. The molecule has 0 heterocycles. The predicted molar refractivity (Wildman–Crippen MR) is 99.2 cm³/mol. The van der Waals surface area contributed by atoms with Crippen molar-refractivity contribution >= 4 is 23.6 Å². The number of carbonyl (C=O) groups excluding carboxylic acids is 2. The summed E-state index contributed by atoms with van der Waals surface area (Å²) in [5.41, 5.74) is 1.46. The van der Waals surface area contributed by atoms with Crippen molar-refractivity contribution in [1.29, 1.82) is 0 Å². The first-order valence-electron chi connectivity index (χ1n) is 8.12. The van der Waals surface area contributed by atoms with E-state index < -0.39 is 0 Å². The van der Waals surface area contributed by atoms with E-state index in [1.54, 1.807) is 68.6 Å². The van der Waals surface area contributed by atoms with Crippen molar-refractivity contribution in [3.63, 3.8) is 0 Å². The summed E-state index contributed by atoms with van der Waals surface area (Å²) in [6, 6.07) is 14.1. The molecule has 0 saturated heterocycles. The lowest BCUT2D eigenvalue weighted by molar-refractivity contribution is -0.137. The number of methoxy groups -OCH3 is 1. The zero-order valence-corrected chi connectivity index (χ0v) is 14.7. The van der Waals surface area contributed by atoms with Crippen molar-refractivity contribution in [3.8, 4) is 11.5 Å². The van der Waals surface area contributed by atoms with Crippen LogP contribution < -0.4 is 14.8 Å². The fourth-order valence-electron chi connectivity index (χ4n) is 2.05. The van der Waals surface area contributed by atoms with Crippen LogP contribution in [0.25, 0.3) is 6.08 Å². The number of nitrogens with one attached hydrogen (secondary N) is 1. The average molecular weight is 355 g/mol. The highest BCUT2D eigenvalue weighted by molar-refractivity contribution is 5.92. The van der Waals surface area contributed by atoms with Crippen molar-refractivity contribution in [2.24, 2.45) is 0 Å². The van der Waals surface area contributed by atoms with Gasteiger partial charge in [-0.25, -0.2) is 4.79 Å². The maximum atomic E-state index is 11.9. The third kappa shape index (κ3) is 6.32. The monoisotopic (exact) mass is 355 g/mol. The van der Waals surface area contributed by atoms with Crippen molar-refractivity contribution < 1.29 is 23.8 Å². The summed E-state index contributed by atoms with van der Waals surface area (Å²) in [5, 5.41) is 2.74. The maximum absolute atomic E-state index is 11.9. The molecule has 0 aliphatic carbocycles. The average Bonchev–Trinajstić information content (AvgIpc) is 2.66. The Kier molecular flexibility index (Phi) is 7.24. The summed E-state index contributed by atoms with van der Waals surface area (Å²) in [7, 11) is 1.58. The molecule has 26 heavy (non-hydrogen) atoms. The molecule has 2 aromatic carbocycles. The number of esters is 1. The molecule has 2 aromatic rings. The fourth-order valence-corrected chi connectivity index (χ4v) is 2.05. The molecule has 136 valence electrons. The smallest absolute Gasteiger partial charge is 0.330 e. The van der Waals surface area contributed by atoms with Gasteiger partial charge in [-0.3, -0.25) is 4.79 Å². The van der Waals surface area contributed by atoms with E-state index in [1.807, 2.05) is 0 Å². The molecule has 0 saturated carbocycles. The minimum atomic E-state index is -0.388. The van der Waals surface area contributed by atoms with Gasteiger partial charge in [-0.1, -0.05) is 12.1 Å². The summed E-state index contributed by atoms with van der Waals surface area (Å²) in [4.78, 5) is 23.2. The van der Waals surface area contributed by atoms with Gasteiger partial charge in [0.05, 0.1) is 13.7 Å². The fraction of sp³-hybridized carbons (Fsp3) is 0.200. The SMILES string of the molecule is CCOC(=O)/C=C/c1ccc(NC(=O)COc2ccc(OC)cc2)cc1. The molecule has 0 bridgehead atoms. The van der Waals surface area contributed by atoms with Crippen LogP contribution in [0.5, 0.6) is 11.5 Å². The second-order valence-electron chi connectivity index (χ2n) is 5.22. The normalized spacial score (nSPS) is 10.4. The van der Waals surface area contributed by atoms with E-state index in [0.29, 0.717) is 18.0 Å². The topological polar surface area (TPSA) is 73.9 Å². The Morgan fingerprint density at radius 2 is 1.65 bits per heavy atom. The number of hydrogen-bond acceptors (Lipinski definition) is 5. The van der Waals surface area contributed by atoms with Crippen molar-refractivity contribution in [2.75, 3.05) is 25.6 Å². The van der Waals surface area contributed by atoms with E-state index in [-0.39, 0.29) is 18.5 Å². The first kappa shape index (κ1) is 19.1. The first-order valence-corrected chi connectivity index (χ1v) is 8.12. The zero-order chi connectivity index (χ0) is 18.8. The quantitative estimate of drug-likeness (QED) is 0.581. The summed E-state index contributed by atoms with van der Waals surface area (Å²) in [5.74, 6) is 0.649. The molecule has 0 fully saturated rings. The Balaban J connectivity index is 1.82. The highest BCUT2D eigenvalue weighted by Gasteiger charge is 2.04. The Hall–Kier alpha value is -3.28. The molecule has 6 nitrogen and oxygen atoms in total. The summed E-state index contributed by atoms with van der Waals surface area (Å²) < 4.78 is 15.3. The van der Waals surface area contributed by atoms with Crippen molar-refractivity contribution in [1.82, 2.24) is 0 Å². The van der Waals surface area contributed by atoms with Gasteiger partial charge in [0.15, 0.2) is 6.61 Å². The number of anilines is 1. The Labute approximate surface area is 152 Å². The lowest BCUT2D eigenvalue weighted by Crippen LogP contribution is -2.20. The van der Waals surface area contributed by atoms with Crippen molar-refractivity contribution in [3.05, 3.63) is 60.2 Å². The molecule has 0 aliphatic rings. The summed E-state index contributed by atoms with van der Waals surface area (Å²) in [6.07, 6.45) is 3.01. The van der Waals surface area contributed by atoms with Gasteiger partial charge in [0, 0.05) is 11.8 Å². The minimum Gasteiger partial charge on any atom is -0.497 e. The molecule has 1 N–H and O–H groups in total. The number of hydrogen-bond donors (Lipinski definition) is 1. The third-order valence-electron chi connectivity index (χ3n) is 3.32. The Morgan fingerprint density at radius 1 is 1.00 bits per heavy atom. The number of amides is 1. The van der Waals surface area contributed by atoms with Gasteiger partial charge in [0.1, 0.15) is 11.5 Å². The minimum absolute atomic E-state index is 0.100. The third-order valence-corrected chi connectivity index (χ3v) is 3.32. The second-order valence-corrected chi connectivity index (χ2v) is 5.22. The predicted octanol–water partition coefficient (Wildman–Crippen LogP) is 3.29. The maximum Gasteiger partial charge on any atom is 0.330 e. The number of ether oxygens (including phenoxy) is 3. The molecule has 0 unspecified atom stereocenters. The van der Waals surface area contributed by atoms with Gasteiger partial charge in [-0.2, -0.15) is 0 Å². The molecule has 0 atom stereocenters. The van der Waals surface area contributed by atoms with Crippen LogP contribution in [-0.4, -0.2) is 32.2 Å². The van der Waals surface area contributed by atoms with Crippen LogP contribution in [0.1, 0.15) is 12.5 Å². The Bertz CT molecular complexity index is 751. The van der Waals surface area contributed by atoms with Crippen LogP contribution in [0.4, 0.5) is 5.69 Å². The van der Waals surface area contributed by atoms with Crippen LogP contribution in [0, 0.1) is 0 Å². The molecule has 0 radical (unpaired) electrons. The van der Waals surface area contributed by atoms with E-state index in [4.69, 9.17) is 14.2 Å². The van der Waals surface area contributed by atoms with Crippen LogP contribution in [0.15, 0.2) is 54.6 Å². The molecular weight excluding hydrogens is 334 g/mol. The highest BCUT2D eigenvalue weighted by Crippen LogP contribution is 2.17. The van der Waals surface area contributed by atoms with Gasteiger partial charge in [-0.15, -0.1) is 0 Å². The van der Waals surface area contributed by atoms with Gasteiger partial charge in [0.2, 0.25) is 0 Å². The molecule has 0 aliphatic heterocycles. The molecule has 2 rings (SSSR count). The van der Waals surface area contributed by atoms with Gasteiger partial charge < -0.3 is 19.5 Å². The lowest BCUT2D eigenvalue weighted by atomic mass is 10.2. The standard InChI is InChI=1S/C20H21NO5/c1-3-25-20(23)13-6-15-4-7-16(8-5-15)21-19(22)14-26-18-11-9-17(24-2)10-12-18/h4-13H,3,14H2,1-2H3,(H,21,22)/b13-6+. The first-order chi connectivity index (χ1) is 12.6. The van der Waals surface area contributed by atoms with Crippen LogP contribution in [0.2, 0.25) is 0 Å². The second kappa shape index (κ2) is 9.88. The van der Waals surface area contributed by atoms with Gasteiger partial charge in [-0.05, 0) is 55.0 Å². The largest absolute Gasteiger partial charge is 0.497 e. The van der Waals surface area contributed by atoms with Gasteiger partial charge >= 0.3 is 5.97 Å². The molecule has 6 heteroatoms. The molecule has 0 aromatic heterocycles. The van der Waals surface area contributed by atoms with E-state index in [2.05, 4.69) is 5.32 Å². The Morgan fingerprint density at radius 3 is 2.27 bits per heavy atom. The lowest BCUT2D eigenvalue weighted by Gasteiger charge is -2.08.